The second kappa shape index (κ2) is 5.82. The topological polar surface area (TPSA) is 75.6 Å². The van der Waals surface area contributed by atoms with Crippen LogP contribution in [0.3, 0.4) is 0 Å². The third-order valence-corrected chi connectivity index (χ3v) is 5.59. The Morgan fingerprint density at radius 1 is 1.35 bits per heavy atom. The zero-order valence-corrected chi connectivity index (χ0v) is 12.7. The van der Waals surface area contributed by atoms with Crippen molar-refractivity contribution >= 4 is 27.0 Å². The zero-order valence-electron chi connectivity index (χ0n) is 11.1. The van der Waals surface area contributed by atoms with Gasteiger partial charge in [-0.05, 0) is 47.7 Å². The Morgan fingerprint density at radius 3 is 2.65 bits per heavy atom. The molecule has 20 heavy (non-hydrogen) atoms. The fourth-order valence-electron chi connectivity index (χ4n) is 1.72. The fourth-order valence-corrected chi connectivity index (χ4v) is 3.97. The second-order valence-electron chi connectivity index (χ2n) is 4.22. The van der Waals surface area contributed by atoms with Gasteiger partial charge in [0.05, 0.1) is 13.7 Å². The van der Waals surface area contributed by atoms with Crippen LogP contribution in [0.4, 0.5) is 5.69 Å². The summed E-state index contributed by atoms with van der Waals surface area (Å²) in [6.07, 6.45) is 0. The lowest BCUT2D eigenvalue weighted by atomic mass is 10.2. The normalized spacial score (nSPS) is 11.3. The van der Waals surface area contributed by atoms with E-state index < -0.39 is 10.0 Å². The average Bonchev–Trinajstić information content (AvgIpc) is 2.88. The molecule has 2 aromatic rings. The van der Waals surface area contributed by atoms with Gasteiger partial charge in [0.25, 0.3) is 10.0 Å². The van der Waals surface area contributed by atoms with Crippen LogP contribution in [0.15, 0.2) is 33.9 Å². The Labute approximate surface area is 121 Å². The highest BCUT2D eigenvalue weighted by molar-refractivity contribution is 7.94. The predicted octanol–water partition coefficient (Wildman–Crippen LogP) is 2.36. The number of sulfonamides is 1. The van der Waals surface area contributed by atoms with Gasteiger partial charge in [0, 0.05) is 5.69 Å². The van der Waals surface area contributed by atoms with E-state index in [-0.39, 0.29) is 10.8 Å². The molecule has 0 unspecified atom stereocenters. The number of aliphatic hydroxyl groups excluding tert-OH is 1. The van der Waals surface area contributed by atoms with Crippen molar-refractivity contribution in [3.8, 4) is 5.75 Å². The monoisotopic (exact) mass is 313 g/mol. The highest BCUT2D eigenvalue weighted by atomic mass is 32.2. The van der Waals surface area contributed by atoms with Crippen LogP contribution in [0.5, 0.6) is 5.75 Å². The lowest BCUT2D eigenvalue weighted by Gasteiger charge is -2.09. The fraction of sp³-hybridized carbons (Fsp3) is 0.231. The Morgan fingerprint density at radius 2 is 2.10 bits per heavy atom. The van der Waals surface area contributed by atoms with Gasteiger partial charge in [-0.25, -0.2) is 8.42 Å². The molecule has 5 nitrogen and oxygen atoms in total. The summed E-state index contributed by atoms with van der Waals surface area (Å²) in [5, 5.41) is 10.6. The van der Waals surface area contributed by atoms with E-state index in [1.54, 1.807) is 30.7 Å². The zero-order chi connectivity index (χ0) is 14.8. The number of ether oxygens (including phenoxy) is 1. The maximum Gasteiger partial charge on any atom is 0.271 e. The van der Waals surface area contributed by atoms with Gasteiger partial charge in [0.1, 0.15) is 9.96 Å². The van der Waals surface area contributed by atoms with Crippen LogP contribution >= 0.6 is 11.3 Å². The van der Waals surface area contributed by atoms with Crippen LogP contribution in [0.1, 0.15) is 11.1 Å². The first-order chi connectivity index (χ1) is 9.46. The summed E-state index contributed by atoms with van der Waals surface area (Å²) in [6, 6.07) is 6.52. The number of hydrogen-bond acceptors (Lipinski definition) is 5. The van der Waals surface area contributed by atoms with Crippen LogP contribution in [-0.4, -0.2) is 20.6 Å². The molecule has 0 amide bonds. The summed E-state index contributed by atoms with van der Waals surface area (Å²) in [5.41, 5.74) is 1.90. The molecule has 1 aromatic carbocycles. The van der Waals surface area contributed by atoms with E-state index in [0.717, 1.165) is 16.9 Å². The Hall–Kier alpha value is -1.57. The van der Waals surface area contributed by atoms with E-state index in [1.807, 2.05) is 6.92 Å². The molecule has 0 bridgehead atoms. The minimum atomic E-state index is -3.62. The Kier molecular flexibility index (Phi) is 4.32. The maximum atomic E-state index is 12.2. The van der Waals surface area contributed by atoms with E-state index in [4.69, 9.17) is 9.84 Å². The number of nitrogens with one attached hydrogen (secondary N) is 1. The molecular weight excluding hydrogens is 298 g/mol. The molecule has 0 fully saturated rings. The molecule has 108 valence electrons. The van der Waals surface area contributed by atoms with Gasteiger partial charge < -0.3 is 9.84 Å². The Balaban J connectivity index is 2.26. The number of thiophene rings is 1. The molecule has 0 saturated carbocycles. The van der Waals surface area contributed by atoms with Crippen molar-refractivity contribution in [2.45, 2.75) is 17.7 Å². The molecule has 0 aliphatic heterocycles. The van der Waals surface area contributed by atoms with Gasteiger partial charge in [-0.1, -0.05) is 0 Å². The van der Waals surface area contributed by atoms with Gasteiger partial charge in [-0.2, -0.15) is 0 Å². The van der Waals surface area contributed by atoms with E-state index in [0.29, 0.717) is 17.0 Å². The van der Waals surface area contributed by atoms with Crippen molar-refractivity contribution in [1.29, 1.82) is 0 Å². The highest BCUT2D eigenvalue weighted by Crippen LogP contribution is 2.26. The van der Waals surface area contributed by atoms with Crippen molar-refractivity contribution in [3.05, 3.63) is 40.8 Å². The summed E-state index contributed by atoms with van der Waals surface area (Å²) in [7, 11) is -2.06. The minimum absolute atomic E-state index is 0.173. The summed E-state index contributed by atoms with van der Waals surface area (Å²) in [6.45, 7) is 1.67. The van der Waals surface area contributed by atoms with Gasteiger partial charge in [-0.3, -0.25) is 4.72 Å². The molecule has 2 N–H and O–H groups in total. The van der Waals surface area contributed by atoms with Crippen LogP contribution in [-0.2, 0) is 16.6 Å². The van der Waals surface area contributed by atoms with Crippen LogP contribution < -0.4 is 9.46 Å². The van der Waals surface area contributed by atoms with Gasteiger partial charge in [0.15, 0.2) is 0 Å². The largest absolute Gasteiger partial charge is 0.496 e. The molecule has 0 saturated heterocycles. The molecule has 0 aliphatic carbocycles. The van der Waals surface area contributed by atoms with Crippen molar-refractivity contribution < 1.29 is 18.3 Å². The molecule has 1 heterocycles. The smallest absolute Gasteiger partial charge is 0.271 e. The molecule has 0 radical (unpaired) electrons. The quantitative estimate of drug-likeness (QED) is 0.888. The number of aryl methyl sites for hydroxylation is 1. The standard InChI is InChI=1S/C13H15NO4S2/c1-9-5-11(3-4-12(9)18-2)14-20(16,17)13-6-10(7-15)8-19-13/h3-6,8,14-15H,7H2,1-2H3. The first kappa shape index (κ1) is 14.8. The number of aliphatic hydroxyl groups is 1. The molecule has 0 aliphatic rings. The van der Waals surface area contributed by atoms with Crippen LogP contribution in [0.25, 0.3) is 0 Å². The SMILES string of the molecule is COc1ccc(NS(=O)(=O)c2cc(CO)cs2)cc1C. The molecule has 0 atom stereocenters. The van der Waals surface area contributed by atoms with Crippen LogP contribution in [0.2, 0.25) is 0 Å². The van der Waals surface area contributed by atoms with E-state index in [9.17, 15) is 8.42 Å². The summed E-state index contributed by atoms with van der Waals surface area (Å²) < 4.78 is 32.2. The van der Waals surface area contributed by atoms with E-state index in [2.05, 4.69) is 4.72 Å². The van der Waals surface area contributed by atoms with E-state index in [1.165, 1.54) is 6.07 Å². The van der Waals surface area contributed by atoms with Crippen LogP contribution in [0, 0.1) is 6.92 Å². The van der Waals surface area contributed by atoms with Crippen molar-refractivity contribution in [3.63, 3.8) is 0 Å². The van der Waals surface area contributed by atoms with Crippen molar-refractivity contribution in [1.82, 2.24) is 0 Å². The van der Waals surface area contributed by atoms with Gasteiger partial charge in [-0.15, -0.1) is 11.3 Å². The number of hydrogen-bond donors (Lipinski definition) is 2. The molecule has 1 aromatic heterocycles. The summed E-state index contributed by atoms with van der Waals surface area (Å²) in [4.78, 5) is 0. The van der Waals surface area contributed by atoms with Crippen molar-refractivity contribution in [2.75, 3.05) is 11.8 Å². The number of rotatable bonds is 5. The predicted molar refractivity (Wildman–Crippen MR) is 78.8 cm³/mol. The number of anilines is 1. The van der Waals surface area contributed by atoms with Crippen molar-refractivity contribution in [2.24, 2.45) is 0 Å². The maximum absolute atomic E-state index is 12.2. The minimum Gasteiger partial charge on any atom is -0.496 e. The van der Waals surface area contributed by atoms with Gasteiger partial charge in [0.2, 0.25) is 0 Å². The third kappa shape index (κ3) is 3.12. The molecule has 0 spiro atoms. The molecular formula is C13H15NO4S2. The molecule has 7 heteroatoms. The first-order valence-electron chi connectivity index (χ1n) is 5.82. The second-order valence-corrected chi connectivity index (χ2v) is 7.04. The first-order valence-corrected chi connectivity index (χ1v) is 8.18. The highest BCUT2D eigenvalue weighted by Gasteiger charge is 2.17. The van der Waals surface area contributed by atoms with E-state index >= 15 is 0 Å². The Bertz CT molecular complexity index is 707. The lowest BCUT2D eigenvalue weighted by Crippen LogP contribution is -2.11. The van der Waals surface area contributed by atoms with Gasteiger partial charge >= 0.3 is 0 Å². The third-order valence-electron chi connectivity index (χ3n) is 2.72. The number of benzene rings is 1. The summed E-state index contributed by atoms with van der Waals surface area (Å²) in [5.74, 6) is 0.701. The molecule has 2 rings (SSSR count). The lowest BCUT2D eigenvalue weighted by molar-refractivity contribution is 0.282. The summed E-state index contributed by atoms with van der Waals surface area (Å²) >= 11 is 1.08. The average molecular weight is 313 g/mol. The number of methoxy groups -OCH3 is 1.